The number of fused-ring (bicyclic) bond motifs is 1. The molecular formula is C24H20N4O3S2. The van der Waals surface area contributed by atoms with Gasteiger partial charge in [-0.25, -0.2) is 8.42 Å². The maximum absolute atomic E-state index is 13.3. The van der Waals surface area contributed by atoms with E-state index in [1.165, 1.54) is 33.3 Å². The maximum Gasteiger partial charge on any atom is 0.257 e. The minimum absolute atomic E-state index is 0.0942. The summed E-state index contributed by atoms with van der Waals surface area (Å²) >= 11 is 1.25. The molecule has 1 aromatic heterocycles. The number of hydrogen-bond acceptors (Lipinski definition) is 6. The fourth-order valence-electron chi connectivity index (χ4n) is 3.76. The van der Waals surface area contributed by atoms with Crippen LogP contribution in [0.3, 0.4) is 0 Å². The molecule has 3 aromatic carbocycles. The van der Waals surface area contributed by atoms with Crippen LogP contribution in [0.4, 0.5) is 5.13 Å². The minimum Gasteiger partial charge on any atom is -0.296 e. The molecule has 7 nitrogen and oxygen atoms in total. The van der Waals surface area contributed by atoms with Gasteiger partial charge in [0.15, 0.2) is 0 Å². The van der Waals surface area contributed by atoms with Gasteiger partial charge in [-0.3, -0.25) is 10.1 Å². The molecule has 0 saturated heterocycles. The fraction of sp³-hybridized carbons (Fsp3) is 0.125. The lowest BCUT2D eigenvalue weighted by Crippen LogP contribution is -2.36. The Labute approximate surface area is 195 Å². The molecule has 0 saturated carbocycles. The zero-order chi connectivity index (χ0) is 22.8. The zero-order valence-electron chi connectivity index (χ0n) is 17.5. The second-order valence-corrected chi connectivity index (χ2v) is 10.5. The lowest BCUT2D eigenvalue weighted by molar-refractivity contribution is 0.102. The molecule has 166 valence electrons. The van der Waals surface area contributed by atoms with Gasteiger partial charge in [0.2, 0.25) is 15.2 Å². The standard InChI is InChI=1S/C24H20N4O3S2/c29-22(25-24-27-26-23(32-24)18-8-2-1-3-9-18)19-11-6-12-21(15-19)33(30,31)28-14-13-17-7-4-5-10-20(17)16-28/h1-12,15H,13-14,16H2,(H,25,27,29). The largest absolute Gasteiger partial charge is 0.296 e. The van der Waals surface area contributed by atoms with E-state index in [1.807, 2.05) is 54.6 Å². The second kappa shape index (κ2) is 8.86. The summed E-state index contributed by atoms with van der Waals surface area (Å²) in [4.78, 5) is 12.9. The summed E-state index contributed by atoms with van der Waals surface area (Å²) in [7, 11) is -3.74. The molecule has 4 aromatic rings. The van der Waals surface area contributed by atoms with Gasteiger partial charge >= 0.3 is 0 Å². The number of carbonyl (C=O) groups excluding carboxylic acids is 1. The van der Waals surface area contributed by atoms with Crippen LogP contribution >= 0.6 is 11.3 Å². The van der Waals surface area contributed by atoms with E-state index in [4.69, 9.17) is 0 Å². The number of anilines is 1. The van der Waals surface area contributed by atoms with Crippen LogP contribution in [0.5, 0.6) is 0 Å². The summed E-state index contributed by atoms with van der Waals surface area (Å²) in [6, 6.07) is 23.5. The Morgan fingerprint density at radius 1 is 0.909 bits per heavy atom. The lowest BCUT2D eigenvalue weighted by atomic mass is 10.0. The van der Waals surface area contributed by atoms with Crippen molar-refractivity contribution in [2.75, 3.05) is 11.9 Å². The maximum atomic E-state index is 13.3. The monoisotopic (exact) mass is 476 g/mol. The quantitative estimate of drug-likeness (QED) is 0.466. The third-order valence-electron chi connectivity index (χ3n) is 5.50. The fourth-order valence-corrected chi connectivity index (χ4v) is 5.97. The number of hydrogen-bond donors (Lipinski definition) is 1. The average molecular weight is 477 g/mol. The van der Waals surface area contributed by atoms with Gasteiger partial charge in [-0.05, 0) is 35.7 Å². The average Bonchev–Trinajstić information content (AvgIpc) is 3.33. The van der Waals surface area contributed by atoms with Crippen molar-refractivity contribution in [1.29, 1.82) is 0 Å². The predicted molar refractivity (Wildman–Crippen MR) is 127 cm³/mol. The van der Waals surface area contributed by atoms with E-state index in [1.54, 1.807) is 12.1 Å². The van der Waals surface area contributed by atoms with Crippen LogP contribution in [-0.4, -0.2) is 35.4 Å². The third-order valence-corrected chi connectivity index (χ3v) is 8.22. The molecule has 0 fully saturated rings. The Morgan fingerprint density at radius 3 is 2.48 bits per heavy atom. The van der Waals surface area contributed by atoms with E-state index in [2.05, 4.69) is 15.5 Å². The Hall–Kier alpha value is -3.40. The van der Waals surface area contributed by atoms with Crippen LogP contribution in [0.15, 0.2) is 83.8 Å². The smallest absolute Gasteiger partial charge is 0.257 e. The molecule has 0 radical (unpaired) electrons. The van der Waals surface area contributed by atoms with E-state index in [0.29, 0.717) is 29.6 Å². The highest BCUT2D eigenvalue weighted by atomic mass is 32.2. The normalized spacial score (nSPS) is 13.9. The van der Waals surface area contributed by atoms with Gasteiger partial charge in [-0.2, -0.15) is 4.31 Å². The van der Waals surface area contributed by atoms with E-state index in [-0.39, 0.29) is 10.5 Å². The van der Waals surface area contributed by atoms with Gasteiger partial charge < -0.3 is 0 Å². The predicted octanol–water partition coefficient (Wildman–Crippen LogP) is 4.20. The number of nitrogens with zero attached hydrogens (tertiary/aromatic N) is 3. The zero-order valence-corrected chi connectivity index (χ0v) is 19.1. The molecular weight excluding hydrogens is 456 g/mol. The number of rotatable bonds is 5. The molecule has 33 heavy (non-hydrogen) atoms. The van der Waals surface area contributed by atoms with Gasteiger partial charge in [0.05, 0.1) is 4.90 Å². The van der Waals surface area contributed by atoms with Crippen LogP contribution in [0.2, 0.25) is 0 Å². The molecule has 1 aliphatic rings. The summed E-state index contributed by atoms with van der Waals surface area (Å²) in [5.41, 5.74) is 3.33. The summed E-state index contributed by atoms with van der Waals surface area (Å²) in [5, 5.41) is 11.9. The van der Waals surface area contributed by atoms with Crippen LogP contribution in [-0.2, 0) is 23.0 Å². The molecule has 1 amide bonds. The van der Waals surface area contributed by atoms with E-state index >= 15 is 0 Å². The number of carbonyl (C=O) groups is 1. The highest BCUT2D eigenvalue weighted by Crippen LogP contribution is 2.27. The van der Waals surface area contributed by atoms with Gasteiger partial charge in [-0.1, -0.05) is 72.0 Å². The highest BCUT2D eigenvalue weighted by molar-refractivity contribution is 7.89. The Balaban J connectivity index is 1.34. The lowest BCUT2D eigenvalue weighted by Gasteiger charge is -2.28. The first-order valence-corrected chi connectivity index (χ1v) is 12.6. The first kappa shape index (κ1) is 21.4. The number of aromatic nitrogens is 2. The summed E-state index contributed by atoms with van der Waals surface area (Å²) in [6.07, 6.45) is 0.663. The first-order valence-electron chi connectivity index (χ1n) is 10.4. The summed E-state index contributed by atoms with van der Waals surface area (Å²) in [6.45, 7) is 0.727. The summed E-state index contributed by atoms with van der Waals surface area (Å²) in [5.74, 6) is -0.438. The van der Waals surface area contributed by atoms with Crippen molar-refractivity contribution in [3.05, 3.63) is 95.6 Å². The molecule has 5 rings (SSSR count). The van der Waals surface area contributed by atoms with Crippen LogP contribution < -0.4 is 5.32 Å². The van der Waals surface area contributed by atoms with Crippen molar-refractivity contribution >= 4 is 32.4 Å². The second-order valence-electron chi connectivity index (χ2n) is 7.62. The highest BCUT2D eigenvalue weighted by Gasteiger charge is 2.28. The SMILES string of the molecule is O=C(Nc1nnc(-c2ccccc2)s1)c1cccc(S(=O)(=O)N2CCc3ccccc3C2)c1. The van der Waals surface area contributed by atoms with Gasteiger partial charge in [0, 0.05) is 24.2 Å². The number of benzene rings is 3. The molecule has 9 heteroatoms. The van der Waals surface area contributed by atoms with E-state index < -0.39 is 15.9 Å². The Morgan fingerprint density at radius 2 is 1.67 bits per heavy atom. The van der Waals surface area contributed by atoms with E-state index in [0.717, 1.165) is 11.1 Å². The van der Waals surface area contributed by atoms with Crippen molar-refractivity contribution in [2.24, 2.45) is 0 Å². The van der Waals surface area contributed by atoms with Gasteiger partial charge in [0.1, 0.15) is 5.01 Å². The number of amides is 1. The van der Waals surface area contributed by atoms with Crippen LogP contribution in [0.25, 0.3) is 10.6 Å². The van der Waals surface area contributed by atoms with E-state index in [9.17, 15) is 13.2 Å². The van der Waals surface area contributed by atoms with Crippen molar-refractivity contribution in [3.63, 3.8) is 0 Å². The van der Waals surface area contributed by atoms with Crippen molar-refractivity contribution < 1.29 is 13.2 Å². The number of nitrogens with one attached hydrogen (secondary N) is 1. The molecule has 0 atom stereocenters. The minimum atomic E-state index is -3.74. The molecule has 0 spiro atoms. The van der Waals surface area contributed by atoms with Crippen molar-refractivity contribution in [1.82, 2.24) is 14.5 Å². The molecule has 1 N–H and O–H groups in total. The van der Waals surface area contributed by atoms with Gasteiger partial charge in [0.25, 0.3) is 5.91 Å². The molecule has 0 aliphatic carbocycles. The molecule has 0 bridgehead atoms. The molecule has 1 aliphatic heterocycles. The Bertz CT molecular complexity index is 1420. The summed E-state index contributed by atoms with van der Waals surface area (Å²) < 4.78 is 28.0. The topological polar surface area (TPSA) is 92.3 Å². The third kappa shape index (κ3) is 4.43. The van der Waals surface area contributed by atoms with Crippen molar-refractivity contribution in [2.45, 2.75) is 17.9 Å². The Kier molecular flexibility index (Phi) is 5.76. The first-order chi connectivity index (χ1) is 16.0. The van der Waals surface area contributed by atoms with Crippen LogP contribution in [0.1, 0.15) is 21.5 Å². The number of sulfonamides is 1. The van der Waals surface area contributed by atoms with Crippen molar-refractivity contribution in [3.8, 4) is 10.6 Å². The van der Waals surface area contributed by atoms with Gasteiger partial charge in [-0.15, -0.1) is 10.2 Å². The molecule has 2 heterocycles. The van der Waals surface area contributed by atoms with Crippen LogP contribution in [0, 0.1) is 0 Å². The molecule has 0 unspecified atom stereocenters.